The average Bonchev–Trinajstić information content (AvgIpc) is 2.73. The molecular weight excluding hydrogens is 374 g/mol. The predicted octanol–water partition coefficient (Wildman–Crippen LogP) is 5.12. The number of carboxylic acid groups (broad SMARTS) is 1. The van der Waals surface area contributed by atoms with Crippen LogP contribution in [0.4, 0.5) is 5.69 Å². The summed E-state index contributed by atoms with van der Waals surface area (Å²) < 4.78 is 0. The normalized spacial score (nSPS) is 18.4. The second kappa shape index (κ2) is 7.71. The van der Waals surface area contributed by atoms with Crippen molar-refractivity contribution in [3.63, 3.8) is 0 Å². The van der Waals surface area contributed by atoms with Crippen LogP contribution in [-0.2, 0) is 16.8 Å². The van der Waals surface area contributed by atoms with Gasteiger partial charge in [-0.05, 0) is 72.9 Å². The maximum Gasteiger partial charge on any atom is 0.328 e. The van der Waals surface area contributed by atoms with Gasteiger partial charge in [0.15, 0.2) is 0 Å². The molecule has 0 radical (unpaired) electrons. The topological polar surface area (TPSA) is 60.8 Å². The maximum atomic E-state index is 10.8. The molecule has 1 atom stereocenters. The molecule has 0 aromatic heterocycles. The molecule has 0 aliphatic carbocycles. The van der Waals surface area contributed by atoms with Gasteiger partial charge in [-0.15, -0.1) is 0 Å². The fourth-order valence-corrected chi connectivity index (χ4v) is 4.37. The molecule has 4 rings (SSSR count). The van der Waals surface area contributed by atoms with Gasteiger partial charge in [0.2, 0.25) is 0 Å². The first-order chi connectivity index (χ1) is 14.4. The van der Waals surface area contributed by atoms with Crippen molar-refractivity contribution in [2.24, 2.45) is 0 Å². The number of phenols is 1. The third-order valence-corrected chi connectivity index (χ3v) is 5.99. The molecule has 3 aromatic rings. The van der Waals surface area contributed by atoms with Crippen molar-refractivity contribution in [3.8, 4) is 5.75 Å². The number of rotatable bonds is 4. The molecule has 0 bridgehead atoms. The smallest absolute Gasteiger partial charge is 0.328 e. The van der Waals surface area contributed by atoms with Crippen LogP contribution in [0.2, 0.25) is 0 Å². The highest BCUT2D eigenvalue weighted by atomic mass is 16.4. The number of nitrogens with zero attached hydrogens (tertiary/aromatic N) is 1. The van der Waals surface area contributed by atoms with E-state index in [-0.39, 0.29) is 5.75 Å². The minimum Gasteiger partial charge on any atom is -0.508 e. The molecule has 0 saturated carbocycles. The summed E-state index contributed by atoms with van der Waals surface area (Å²) in [5.41, 5.74) is 6.22. The molecule has 4 nitrogen and oxygen atoms in total. The van der Waals surface area contributed by atoms with E-state index in [1.54, 1.807) is 12.1 Å². The lowest BCUT2D eigenvalue weighted by Gasteiger charge is -2.48. The van der Waals surface area contributed by atoms with Gasteiger partial charge < -0.3 is 15.1 Å². The molecular formula is C26H25NO3. The van der Waals surface area contributed by atoms with Crippen molar-refractivity contribution < 1.29 is 15.0 Å². The third kappa shape index (κ3) is 3.57. The van der Waals surface area contributed by atoms with Crippen molar-refractivity contribution in [1.29, 1.82) is 0 Å². The fraction of sp³-hybridized carbons (Fsp3) is 0.192. The van der Waals surface area contributed by atoms with E-state index in [0.29, 0.717) is 0 Å². The lowest BCUT2D eigenvalue weighted by molar-refractivity contribution is -0.131. The van der Waals surface area contributed by atoms with Gasteiger partial charge in [-0.25, -0.2) is 4.79 Å². The molecule has 1 aliphatic rings. The first-order valence-electron chi connectivity index (χ1n) is 10.1. The first kappa shape index (κ1) is 19.8. The minimum absolute atomic E-state index is 0.286. The summed E-state index contributed by atoms with van der Waals surface area (Å²) in [4.78, 5) is 13.2. The molecule has 2 N–H and O–H groups in total. The summed E-state index contributed by atoms with van der Waals surface area (Å²) in [6, 6.07) is 22.2. The number of aliphatic carboxylic acids is 1. The Morgan fingerprint density at radius 1 is 1.03 bits per heavy atom. The van der Waals surface area contributed by atoms with E-state index < -0.39 is 11.5 Å². The van der Waals surface area contributed by atoms with Gasteiger partial charge in [0, 0.05) is 18.3 Å². The van der Waals surface area contributed by atoms with Crippen molar-refractivity contribution in [2.45, 2.75) is 25.8 Å². The van der Waals surface area contributed by atoms with Crippen LogP contribution >= 0.6 is 0 Å². The van der Waals surface area contributed by atoms with Crippen LogP contribution in [0.1, 0.15) is 34.7 Å². The van der Waals surface area contributed by atoms with Gasteiger partial charge in [0.1, 0.15) is 5.75 Å². The summed E-state index contributed by atoms with van der Waals surface area (Å²) >= 11 is 0. The van der Waals surface area contributed by atoms with Gasteiger partial charge in [-0.1, -0.05) is 48.0 Å². The summed E-state index contributed by atoms with van der Waals surface area (Å²) in [6.45, 7) is 5.13. The summed E-state index contributed by atoms with van der Waals surface area (Å²) in [5, 5.41) is 18.9. The molecule has 1 heterocycles. The molecule has 0 fully saturated rings. The van der Waals surface area contributed by atoms with E-state index in [1.165, 1.54) is 11.1 Å². The number of fused-ring (bicyclic) bond motifs is 1. The zero-order valence-electron chi connectivity index (χ0n) is 17.2. The first-order valence-corrected chi connectivity index (χ1v) is 10.1. The zero-order chi connectivity index (χ0) is 21.3. The van der Waals surface area contributed by atoms with Crippen LogP contribution < -0.4 is 4.90 Å². The molecule has 1 aliphatic heterocycles. The van der Waals surface area contributed by atoms with Crippen LogP contribution in [0.5, 0.6) is 5.75 Å². The van der Waals surface area contributed by atoms with Gasteiger partial charge >= 0.3 is 5.97 Å². The summed E-state index contributed by atoms with van der Waals surface area (Å²) in [7, 11) is 0. The molecule has 0 spiro atoms. The van der Waals surface area contributed by atoms with E-state index >= 15 is 0 Å². The lowest BCUT2D eigenvalue weighted by atomic mass is 9.76. The number of aryl methyl sites for hydroxylation is 1. The molecule has 30 heavy (non-hydrogen) atoms. The molecule has 152 valence electrons. The Morgan fingerprint density at radius 3 is 2.40 bits per heavy atom. The summed E-state index contributed by atoms with van der Waals surface area (Å²) in [6.07, 6.45) is 3.60. The van der Waals surface area contributed by atoms with E-state index in [0.717, 1.165) is 41.4 Å². The number of aromatic hydroxyl groups is 1. The van der Waals surface area contributed by atoms with Crippen molar-refractivity contribution in [3.05, 3.63) is 101 Å². The molecule has 0 amide bonds. The monoisotopic (exact) mass is 399 g/mol. The third-order valence-electron chi connectivity index (χ3n) is 5.99. The number of carboxylic acids is 1. The number of benzene rings is 3. The molecule has 0 saturated heterocycles. The Morgan fingerprint density at radius 2 is 1.73 bits per heavy atom. The predicted molar refractivity (Wildman–Crippen MR) is 120 cm³/mol. The summed E-state index contributed by atoms with van der Waals surface area (Å²) in [5.74, 6) is -0.674. The maximum absolute atomic E-state index is 10.8. The number of anilines is 1. The number of hydrogen-bond acceptors (Lipinski definition) is 3. The van der Waals surface area contributed by atoms with E-state index in [1.807, 2.05) is 24.3 Å². The number of carbonyl (C=O) groups is 1. The minimum atomic E-state index is -0.961. The Kier molecular flexibility index (Phi) is 5.08. The van der Waals surface area contributed by atoms with Gasteiger partial charge in [-0.2, -0.15) is 0 Å². The Bertz CT molecular complexity index is 1100. The van der Waals surface area contributed by atoms with E-state index in [2.05, 4.69) is 55.1 Å². The molecule has 3 aromatic carbocycles. The average molecular weight is 399 g/mol. The highest BCUT2D eigenvalue weighted by Gasteiger charge is 2.40. The Hall–Kier alpha value is -3.53. The van der Waals surface area contributed by atoms with Crippen molar-refractivity contribution in [2.75, 3.05) is 11.4 Å². The van der Waals surface area contributed by atoms with Crippen molar-refractivity contribution in [1.82, 2.24) is 0 Å². The van der Waals surface area contributed by atoms with E-state index in [4.69, 9.17) is 5.11 Å². The van der Waals surface area contributed by atoms with Gasteiger partial charge in [0.05, 0.1) is 5.54 Å². The molecule has 4 heteroatoms. The van der Waals surface area contributed by atoms with Crippen LogP contribution in [-0.4, -0.2) is 22.7 Å². The molecule has 1 unspecified atom stereocenters. The standard InChI is InChI=1S/C26H25NO3/c1-18-3-10-22(11-4-18)27-16-15-20-17-23(28)12-13-24(20)26(27,2)21-8-5-19(6-9-21)7-14-25(29)30/h3-14,17,28H,15-16H2,1-2H3,(H,29,30). The number of phenolic OH excluding ortho intramolecular Hbond substituents is 1. The largest absolute Gasteiger partial charge is 0.508 e. The Labute approximate surface area is 176 Å². The van der Waals surface area contributed by atoms with Gasteiger partial charge in [-0.3, -0.25) is 0 Å². The quantitative estimate of drug-likeness (QED) is 0.598. The second-order valence-electron chi connectivity index (χ2n) is 7.94. The van der Waals surface area contributed by atoms with Crippen LogP contribution in [0.3, 0.4) is 0 Å². The second-order valence-corrected chi connectivity index (χ2v) is 7.94. The van der Waals surface area contributed by atoms with Gasteiger partial charge in [0.25, 0.3) is 0 Å². The van der Waals surface area contributed by atoms with Crippen LogP contribution in [0.15, 0.2) is 72.8 Å². The van der Waals surface area contributed by atoms with Crippen LogP contribution in [0, 0.1) is 6.92 Å². The number of hydrogen-bond donors (Lipinski definition) is 2. The Balaban J connectivity index is 1.84. The lowest BCUT2D eigenvalue weighted by Crippen LogP contribution is -2.49. The SMILES string of the molecule is Cc1ccc(N2CCc3cc(O)ccc3C2(C)c2ccc(C=CC(=O)O)cc2)cc1. The zero-order valence-corrected chi connectivity index (χ0v) is 17.2. The highest BCUT2D eigenvalue weighted by molar-refractivity contribution is 5.85. The van der Waals surface area contributed by atoms with Crippen molar-refractivity contribution >= 4 is 17.7 Å². The van der Waals surface area contributed by atoms with Crippen LogP contribution in [0.25, 0.3) is 6.08 Å². The highest BCUT2D eigenvalue weighted by Crippen LogP contribution is 2.44. The van der Waals surface area contributed by atoms with E-state index in [9.17, 15) is 9.90 Å². The fourth-order valence-electron chi connectivity index (χ4n) is 4.37.